The number of nitrogens with two attached hydrogens (primary N) is 1. The molecule has 20 heavy (non-hydrogen) atoms. The smallest absolute Gasteiger partial charge is 0.209 e. The van der Waals surface area contributed by atoms with Crippen LogP contribution in [0.25, 0.3) is 11.1 Å². The van der Waals surface area contributed by atoms with Crippen LogP contribution >= 0.6 is 0 Å². The van der Waals surface area contributed by atoms with Crippen molar-refractivity contribution in [3.05, 3.63) is 24.1 Å². The van der Waals surface area contributed by atoms with Gasteiger partial charge in [-0.3, -0.25) is 4.90 Å². The summed E-state index contributed by atoms with van der Waals surface area (Å²) in [5.74, 6) is 2.25. The van der Waals surface area contributed by atoms with E-state index >= 15 is 0 Å². The van der Waals surface area contributed by atoms with Crippen molar-refractivity contribution in [2.75, 3.05) is 12.3 Å². The van der Waals surface area contributed by atoms with Crippen LogP contribution in [0.2, 0.25) is 0 Å². The Morgan fingerprint density at radius 2 is 2.15 bits per heavy atom. The molecular weight excluding hydrogens is 250 g/mol. The van der Waals surface area contributed by atoms with Gasteiger partial charge in [0.2, 0.25) is 5.89 Å². The number of rotatable bonds is 2. The molecule has 1 aliphatic rings. The van der Waals surface area contributed by atoms with Gasteiger partial charge in [-0.1, -0.05) is 13.8 Å². The van der Waals surface area contributed by atoms with Crippen LogP contribution in [-0.2, 0) is 6.54 Å². The number of nitrogens with zero attached hydrogens (tertiary/aromatic N) is 2. The standard InChI is InChI=1S/C16H23N3O/c1-10-6-11(2)12(3)19(8-10)9-16-18-14-7-13(17)4-5-15(14)20-16/h4-5,7,10-12H,6,8-9,17H2,1-3H3. The molecule has 0 radical (unpaired) electrons. The Morgan fingerprint density at radius 1 is 1.35 bits per heavy atom. The van der Waals surface area contributed by atoms with E-state index in [9.17, 15) is 0 Å². The van der Waals surface area contributed by atoms with Crippen molar-refractivity contribution in [1.29, 1.82) is 0 Å². The van der Waals surface area contributed by atoms with Gasteiger partial charge in [-0.25, -0.2) is 4.98 Å². The molecule has 1 aromatic carbocycles. The van der Waals surface area contributed by atoms with E-state index in [0.717, 1.165) is 47.6 Å². The summed E-state index contributed by atoms with van der Waals surface area (Å²) >= 11 is 0. The molecule has 4 heteroatoms. The van der Waals surface area contributed by atoms with Gasteiger partial charge in [-0.05, 0) is 43.4 Å². The van der Waals surface area contributed by atoms with Crippen molar-refractivity contribution < 1.29 is 4.42 Å². The molecule has 1 aromatic heterocycles. The van der Waals surface area contributed by atoms with Crippen LogP contribution in [0.15, 0.2) is 22.6 Å². The molecule has 0 amide bonds. The lowest BCUT2D eigenvalue weighted by Gasteiger charge is -2.40. The van der Waals surface area contributed by atoms with Crippen molar-refractivity contribution in [3.8, 4) is 0 Å². The third kappa shape index (κ3) is 2.52. The normalized spacial score (nSPS) is 28.1. The van der Waals surface area contributed by atoms with Gasteiger partial charge in [0.1, 0.15) is 5.52 Å². The molecule has 0 saturated carbocycles. The van der Waals surface area contributed by atoms with Gasteiger partial charge in [0, 0.05) is 18.3 Å². The number of oxazole rings is 1. The highest BCUT2D eigenvalue weighted by Crippen LogP contribution is 2.28. The zero-order chi connectivity index (χ0) is 14.3. The fourth-order valence-corrected chi connectivity index (χ4v) is 3.27. The minimum absolute atomic E-state index is 0.575. The first-order valence-electron chi connectivity index (χ1n) is 7.42. The van der Waals surface area contributed by atoms with E-state index in [-0.39, 0.29) is 0 Å². The zero-order valence-corrected chi connectivity index (χ0v) is 12.5. The minimum atomic E-state index is 0.575. The molecule has 0 aliphatic carbocycles. The lowest BCUT2D eigenvalue weighted by molar-refractivity contribution is 0.0658. The highest BCUT2D eigenvalue weighted by Gasteiger charge is 2.29. The van der Waals surface area contributed by atoms with E-state index in [4.69, 9.17) is 10.2 Å². The largest absolute Gasteiger partial charge is 0.439 e. The van der Waals surface area contributed by atoms with Crippen LogP contribution in [-0.4, -0.2) is 22.5 Å². The average Bonchev–Trinajstić information content (AvgIpc) is 2.76. The number of likely N-dealkylation sites (tertiary alicyclic amines) is 1. The number of piperidine rings is 1. The predicted molar refractivity (Wildman–Crippen MR) is 81.2 cm³/mol. The number of fused-ring (bicyclic) bond motifs is 1. The summed E-state index contributed by atoms with van der Waals surface area (Å²) in [5.41, 5.74) is 8.18. The van der Waals surface area contributed by atoms with Gasteiger partial charge in [0.15, 0.2) is 5.58 Å². The number of hydrogen-bond donors (Lipinski definition) is 1. The second-order valence-corrected chi connectivity index (χ2v) is 6.32. The molecule has 0 bridgehead atoms. The van der Waals surface area contributed by atoms with E-state index in [0.29, 0.717) is 6.04 Å². The summed E-state index contributed by atoms with van der Waals surface area (Å²) in [4.78, 5) is 7.04. The first kappa shape index (κ1) is 13.4. The van der Waals surface area contributed by atoms with E-state index in [1.54, 1.807) is 0 Å². The number of aromatic nitrogens is 1. The van der Waals surface area contributed by atoms with E-state index in [2.05, 4.69) is 30.7 Å². The third-order valence-electron chi connectivity index (χ3n) is 4.51. The summed E-state index contributed by atoms with van der Waals surface area (Å²) in [6.45, 7) is 8.86. The molecule has 3 unspecified atom stereocenters. The number of anilines is 1. The van der Waals surface area contributed by atoms with Crippen molar-refractivity contribution >= 4 is 16.8 Å². The molecule has 0 spiro atoms. The zero-order valence-electron chi connectivity index (χ0n) is 12.5. The lowest BCUT2D eigenvalue weighted by Crippen LogP contribution is -2.45. The van der Waals surface area contributed by atoms with Crippen LogP contribution in [0.4, 0.5) is 5.69 Å². The van der Waals surface area contributed by atoms with Crippen LogP contribution < -0.4 is 5.73 Å². The molecule has 1 saturated heterocycles. The first-order chi connectivity index (χ1) is 9.52. The summed E-state index contributed by atoms with van der Waals surface area (Å²) in [6, 6.07) is 6.19. The predicted octanol–water partition coefficient (Wildman–Crippen LogP) is 3.28. The van der Waals surface area contributed by atoms with Gasteiger partial charge in [-0.2, -0.15) is 0 Å². The Morgan fingerprint density at radius 3 is 2.95 bits per heavy atom. The monoisotopic (exact) mass is 273 g/mol. The summed E-state index contributed by atoms with van der Waals surface area (Å²) < 4.78 is 5.84. The van der Waals surface area contributed by atoms with Crippen LogP contribution in [0.3, 0.4) is 0 Å². The summed E-state index contributed by atoms with van der Waals surface area (Å²) in [7, 11) is 0. The molecule has 2 heterocycles. The third-order valence-corrected chi connectivity index (χ3v) is 4.51. The number of hydrogen-bond acceptors (Lipinski definition) is 4. The topological polar surface area (TPSA) is 55.3 Å². The molecule has 1 fully saturated rings. The maximum Gasteiger partial charge on any atom is 0.209 e. The SMILES string of the molecule is CC1CC(C)C(C)N(Cc2nc3cc(N)ccc3o2)C1. The maximum atomic E-state index is 5.84. The lowest BCUT2D eigenvalue weighted by atomic mass is 9.86. The molecule has 1 aliphatic heterocycles. The van der Waals surface area contributed by atoms with E-state index in [1.807, 2.05) is 18.2 Å². The first-order valence-corrected chi connectivity index (χ1v) is 7.42. The summed E-state index contributed by atoms with van der Waals surface area (Å²) in [6.07, 6.45) is 1.31. The molecule has 2 aromatic rings. The Hall–Kier alpha value is -1.55. The molecular formula is C16H23N3O. The van der Waals surface area contributed by atoms with Gasteiger partial charge in [0.05, 0.1) is 6.54 Å². The maximum absolute atomic E-state index is 5.84. The molecule has 4 nitrogen and oxygen atoms in total. The van der Waals surface area contributed by atoms with Gasteiger partial charge < -0.3 is 10.2 Å². The highest BCUT2D eigenvalue weighted by molar-refractivity contribution is 5.76. The quantitative estimate of drug-likeness (QED) is 0.853. The molecule has 3 rings (SSSR count). The average molecular weight is 273 g/mol. The van der Waals surface area contributed by atoms with E-state index < -0.39 is 0 Å². The minimum Gasteiger partial charge on any atom is -0.439 e. The Balaban J connectivity index is 1.81. The number of nitrogen functional groups attached to an aromatic ring is 1. The Bertz CT molecular complexity index is 607. The van der Waals surface area contributed by atoms with Gasteiger partial charge >= 0.3 is 0 Å². The highest BCUT2D eigenvalue weighted by atomic mass is 16.3. The number of benzene rings is 1. The van der Waals surface area contributed by atoms with Crippen LogP contribution in [0, 0.1) is 11.8 Å². The van der Waals surface area contributed by atoms with Crippen molar-refractivity contribution in [3.63, 3.8) is 0 Å². The van der Waals surface area contributed by atoms with Gasteiger partial charge in [0.25, 0.3) is 0 Å². The molecule has 3 atom stereocenters. The summed E-state index contributed by atoms with van der Waals surface area (Å²) in [5, 5.41) is 0. The van der Waals surface area contributed by atoms with Gasteiger partial charge in [-0.15, -0.1) is 0 Å². The second kappa shape index (κ2) is 5.09. The van der Waals surface area contributed by atoms with Crippen molar-refractivity contribution in [1.82, 2.24) is 9.88 Å². The van der Waals surface area contributed by atoms with Crippen LogP contribution in [0.5, 0.6) is 0 Å². The van der Waals surface area contributed by atoms with E-state index in [1.165, 1.54) is 6.42 Å². The fourth-order valence-electron chi connectivity index (χ4n) is 3.27. The van der Waals surface area contributed by atoms with Crippen molar-refractivity contribution in [2.45, 2.75) is 39.8 Å². The second-order valence-electron chi connectivity index (χ2n) is 6.32. The van der Waals surface area contributed by atoms with Crippen molar-refractivity contribution in [2.24, 2.45) is 11.8 Å². The molecule has 2 N–H and O–H groups in total. The fraction of sp³-hybridized carbons (Fsp3) is 0.562. The van der Waals surface area contributed by atoms with Crippen LogP contribution in [0.1, 0.15) is 33.1 Å². The Labute approximate surface area is 120 Å². The molecule has 108 valence electrons. The Kier molecular flexibility index (Phi) is 3.42.